The zero-order valence-electron chi connectivity index (χ0n) is 19.5. The molecule has 9 heteroatoms. The molecule has 3 aromatic heterocycles. The third-order valence-corrected chi connectivity index (χ3v) is 5.89. The van der Waals surface area contributed by atoms with Crippen LogP contribution >= 0.6 is 0 Å². The van der Waals surface area contributed by atoms with Crippen LogP contribution in [-0.2, 0) is 0 Å². The number of nitrogens with zero attached hydrogens (tertiary/aromatic N) is 4. The van der Waals surface area contributed by atoms with Crippen LogP contribution < -0.4 is 14.8 Å². The summed E-state index contributed by atoms with van der Waals surface area (Å²) in [5.41, 5.74) is 4.56. The molecule has 4 heterocycles. The third kappa shape index (κ3) is 3.74. The van der Waals surface area contributed by atoms with Crippen molar-refractivity contribution in [2.45, 2.75) is 26.8 Å². The van der Waals surface area contributed by atoms with Crippen molar-refractivity contribution in [3.8, 4) is 22.8 Å². The highest BCUT2D eigenvalue weighted by atomic mass is 16.6. The number of nitrogens with one attached hydrogen (secondary N) is 1. The fourth-order valence-electron chi connectivity index (χ4n) is 4.25. The van der Waals surface area contributed by atoms with Crippen LogP contribution in [0.1, 0.15) is 36.1 Å². The number of carbonyl (C=O) groups is 1. The molecule has 0 spiro atoms. The Labute approximate surface area is 200 Å². The molecule has 0 fully saturated rings. The number of aromatic nitrogens is 4. The van der Waals surface area contributed by atoms with Gasteiger partial charge in [-0.05, 0) is 56.3 Å². The zero-order chi connectivity index (χ0) is 24.1. The van der Waals surface area contributed by atoms with Crippen LogP contribution in [0.2, 0.25) is 0 Å². The first-order chi connectivity index (χ1) is 17.0. The maximum atomic E-state index is 13.5. The lowest BCUT2D eigenvalue weighted by molar-refractivity contribution is 0.102. The maximum Gasteiger partial charge on any atom is 0.256 e. The van der Waals surface area contributed by atoms with E-state index in [9.17, 15) is 4.79 Å². The van der Waals surface area contributed by atoms with E-state index in [4.69, 9.17) is 18.9 Å². The van der Waals surface area contributed by atoms with Gasteiger partial charge in [0.1, 0.15) is 18.7 Å². The van der Waals surface area contributed by atoms with E-state index in [0.717, 1.165) is 5.56 Å². The van der Waals surface area contributed by atoms with Gasteiger partial charge < -0.3 is 19.2 Å². The van der Waals surface area contributed by atoms with Crippen LogP contribution in [0, 0.1) is 6.92 Å². The standard InChI is InChI=1S/C26H23N5O4/c1-14(2)31-25-19(13-27-31)18(26(32)29-17-5-7-22-21(11-17)28-15(3)35-22)12-20(30-25)16-4-6-23-24(10-16)34-9-8-33-23/h4-7,10-14H,8-9H2,1-3H3,(H,29,32). The van der Waals surface area contributed by atoms with Crippen LogP contribution in [0.3, 0.4) is 0 Å². The van der Waals surface area contributed by atoms with E-state index in [-0.39, 0.29) is 11.9 Å². The van der Waals surface area contributed by atoms with Crippen molar-refractivity contribution >= 4 is 33.7 Å². The summed E-state index contributed by atoms with van der Waals surface area (Å²) in [6, 6.07) is 12.9. The first-order valence-electron chi connectivity index (χ1n) is 11.4. The second-order valence-corrected chi connectivity index (χ2v) is 8.70. The van der Waals surface area contributed by atoms with Gasteiger partial charge in [0.2, 0.25) is 0 Å². The Bertz CT molecular complexity index is 1600. The summed E-state index contributed by atoms with van der Waals surface area (Å²) in [5.74, 6) is 1.67. The van der Waals surface area contributed by atoms with Crippen molar-refractivity contribution in [2.75, 3.05) is 18.5 Å². The van der Waals surface area contributed by atoms with Gasteiger partial charge in [-0.15, -0.1) is 0 Å². The molecule has 1 aliphatic heterocycles. The predicted octanol–water partition coefficient (Wildman–Crippen LogP) is 5.15. The number of amides is 1. The van der Waals surface area contributed by atoms with Crippen molar-refractivity contribution in [1.29, 1.82) is 0 Å². The Morgan fingerprint density at radius 1 is 1.03 bits per heavy atom. The van der Waals surface area contributed by atoms with E-state index in [1.54, 1.807) is 37.4 Å². The summed E-state index contributed by atoms with van der Waals surface area (Å²) in [5, 5.41) is 8.17. The molecule has 5 aromatic rings. The maximum absolute atomic E-state index is 13.5. The van der Waals surface area contributed by atoms with E-state index in [1.165, 1.54) is 0 Å². The van der Waals surface area contributed by atoms with Crippen LogP contribution in [-0.4, -0.2) is 38.9 Å². The molecular formula is C26H23N5O4. The molecule has 35 heavy (non-hydrogen) atoms. The second kappa shape index (κ2) is 8.12. The molecular weight excluding hydrogens is 446 g/mol. The zero-order valence-corrected chi connectivity index (χ0v) is 19.5. The molecule has 6 rings (SSSR count). The number of pyridine rings is 1. The van der Waals surface area contributed by atoms with Gasteiger partial charge in [-0.25, -0.2) is 14.6 Å². The van der Waals surface area contributed by atoms with Crippen molar-refractivity contribution in [2.24, 2.45) is 0 Å². The van der Waals surface area contributed by atoms with Crippen molar-refractivity contribution < 1.29 is 18.7 Å². The topological polar surface area (TPSA) is 104 Å². The highest BCUT2D eigenvalue weighted by Crippen LogP contribution is 2.35. The fraction of sp³-hybridized carbons (Fsp3) is 0.231. The van der Waals surface area contributed by atoms with Gasteiger partial charge in [-0.3, -0.25) is 4.79 Å². The number of anilines is 1. The number of fused-ring (bicyclic) bond motifs is 3. The van der Waals surface area contributed by atoms with Gasteiger partial charge in [0.25, 0.3) is 5.91 Å². The average Bonchev–Trinajstić information content (AvgIpc) is 3.45. The van der Waals surface area contributed by atoms with Crippen molar-refractivity contribution in [3.05, 3.63) is 60.1 Å². The minimum Gasteiger partial charge on any atom is -0.486 e. The molecule has 9 nitrogen and oxygen atoms in total. The number of ether oxygens (including phenoxy) is 2. The molecule has 1 aliphatic rings. The van der Waals surface area contributed by atoms with Crippen LogP contribution in [0.15, 0.2) is 53.1 Å². The Kier molecular flexibility index (Phi) is 4.91. The molecule has 0 radical (unpaired) electrons. The molecule has 1 N–H and O–H groups in total. The number of benzene rings is 2. The normalized spacial score (nSPS) is 13.0. The first-order valence-corrected chi connectivity index (χ1v) is 11.4. The lowest BCUT2D eigenvalue weighted by atomic mass is 10.1. The van der Waals surface area contributed by atoms with Crippen LogP contribution in [0.5, 0.6) is 11.5 Å². The molecule has 1 amide bonds. The van der Waals surface area contributed by atoms with E-state index in [2.05, 4.69) is 15.4 Å². The van der Waals surface area contributed by atoms with Crippen molar-refractivity contribution in [3.63, 3.8) is 0 Å². The van der Waals surface area contributed by atoms with Gasteiger partial charge in [0.05, 0.1) is 22.8 Å². The highest BCUT2D eigenvalue weighted by molar-refractivity contribution is 6.13. The van der Waals surface area contributed by atoms with Gasteiger partial charge >= 0.3 is 0 Å². The molecule has 0 atom stereocenters. The number of hydrogen-bond acceptors (Lipinski definition) is 7. The Hall–Kier alpha value is -4.40. The average molecular weight is 470 g/mol. The lowest BCUT2D eigenvalue weighted by Crippen LogP contribution is -2.15. The fourth-order valence-corrected chi connectivity index (χ4v) is 4.25. The number of aryl methyl sites for hydroxylation is 1. The summed E-state index contributed by atoms with van der Waals surface area (Å²) in [6.07, 6.45) is 1.69. The second-order valence-electron chi connectivity index (χ2n) is 8.70. The monoisotopic (exact) mass is 469 g/mol. The molecule has 0 saturated heterocycles. The largest absolute Gasteiger partial charge is 0.486 e. The minimum atomic E-state index is -0.265. The number of carbonyl (C=O) groups excluding carboxylic acids is 1. The van der Waals surface area contributed by atoms with Crippen LogP contribution in [0.4, 0.5) is 5.69 Å². The predicted molar refractivity (Wildman–Crippen MR) is 131 cm³/mol. The van der Waals surface area contributed by atoms with E-state index in [0.29, 0.717) is 69.7 Å². The smallest absolute Gasteiger partial charge is 0.256 e. The number of oxazole rings is 1. The van der Waals surface area contributed by atoms with E-state index in [1.807, 2.05) is 36.7 Å². The Morgan fingerprint density at radius 2 is 1.86 bits per heavy atom. The lowest BCUT2D eigenvalue weighted by Gasteiger charge is -2.19. The van der Waals surface area contributed by atoms with Gasteiger partial charge in [0, 0.05) is 24.2 Å². The minimum absolute atomic E-state index is 0.0734. The summed E-state index contributed by atoms with van der Waals surface area (Å²) in [7, 11) is 0. The molecule has 0 bridgehead atoms. The van der Waals surface area contributed by atoms with E-state index >= 15 is 0 Å². The van der Waals surface area contributed by atoms with Gasteiger partial charge in [0.15, 0.2) is 28.6 Å². The summed E-state index contributed by atoms with van der Waals surface area (Å²) >= 11 is 0. The van der Waals surface area contributed by atoms with Crippen LogP contribution in [0.25, 0.3) is 33.4 Å². The molecule has 176 valence electrons. The molecule has 0 aliphatic carbocycles. The first kappa shape index (κ1) is 21.2. The number of hydrogen-bond donors (Lipinski definition) is 1. The molecule has 0 unspecified atom stereocenters. The quantitative estimate of drug-likeness (QED) is 0.388. The summed E-state index contributed by atoms with van der Waals surface area (Å²) in [4.78, 5) is 22.7. The summed E-state index contributed by atoms with van der Waals surface area (Å²) in [6.45, 7) is 6.86. The Balaban J connectivity index is 1.44. The van der Waals surface area contributed by atoms with Gasteiger partial charge in [-0.2, -0.15) is 5.10 Å². The van der Waals surface area contributed by atoms with Gasteiger partial charge in [-0.1, -0.05) is 0 Å². The SMILES string of the molecule is Cc1nc2cc(NC(=O)c3cc(-c4ccc5c(c4)OCCO5)nc4c3cnn4C(C)C)ccc2o1. The van der Waals surface area contributed by atoms with Crippen molar-refractivity contribution in [1.82, 2.24) is 19.7 Å². The number of rotatable bonds is 4. The molecule has 0 saturated carbocycles. The molecule has 2 aromatic carbocycles. The highest BCUT2D eigenvalue weighted by Gasteiger charge is 2.20. The third-order valence-electron chi connectivity index (χ3n) is 5.89. The Morgan fingerprint density at radius 3 is 2.69 bits per heavy atom. The van der Waals surface area contributed by atoms with E-state index < -0.39 is 0 Å². The summed E-state index contributed by atoms with van der Waals surface area (Å²) < 4.78 is 18.8.